The number of rotatable bonds is 2. The second-order valence-corrected chi connectivity index (χ2v) is 5.56. The van der Waals surface area contributed by atoms with Crippen LogP contribution in [-0.4, -0.2) is 31.6 Å². The number of likely N-dealkylation sites (tertiary alicyclic amines) is 1. The van der Waals surface area contributed by atoms with Gasteiger partial charge in [0.1, 0.15) is 0 Å². The Kier molecular flexibility index (Phi) is 3.13. The van der Waals surface area contributed by atoms with Gasteiger partial charge in [-0.2, -0.15) is 0 Å². The summed E-state index contributed by atoms with van der Waals surface area (Å²) in [6, 6.07) is 0. The molecule has 2 atom stereocenters. The SMILES string of the molecule is CC1CC2CN(C)CC(C1)C2CCN. The lowest BCUT2D eigenvalue weighted by Crippen LogP contribution is -2.49. The largest absolute Gasteiger partial charge is 0.330 e. The normalized spacial score (nSPS) is 43.9. The number of nitrogens with zero attached hydrogens (tertiary/aromatic N) is 1. The highest BCUT2D eigenvalue weighted by atomic mass is 15.1. The molecule has 2 N–H and O–H groups in total. The van der Waals surface area contributed by atoms with Crippen molar-refractivity contribution in [2.24, 2.45) is 29.4 Å². The van der Waals surface area contributed by atoms with Crippen LogP contribution in [-0.2, 0) is 0 Å². The molecule has 0 aromatic rings. The zero-order valence-electron chi connectivity index (χ0n) is 9.58. The first kappa shape index (κ1) is 10.4. The molecule has 0 amide bonds. The van der Waals surface area contributed by atoms with Crippen LogP contribution in [0.15, 0.2) is 0 Å². The molecule has 2 heteroatoms. The minimum atomic E-state index is 0.885. The quantitative estimate of drug-likeness (QED) is 0.726. The molecule has 1 aliphatic heterocycles. The van der Waals surface area contributed by atoms with E-state index in [0.717, 1.165) is 30.2 Å². The van der Waals surface area contributed by atoms with Crippen molar-refractivity contribution in [3.8, 4) is 0 Å². The number of hydrogen-bond acceptors (Lipinski definition) is 2. The number of piperidine rings is 1. The highest BCUT2D eigenvalue weighted by Gasteiger charge is 2.39. The van der Waals surface area contributed by atoms with Gasteiger partial charge in [0.05, 0.1) is 0 Å². The van der Waals surface area contributed by atoms with E-state index in [0.29, 0.717) is 0 Å². The third kappa shape index (κ3) is 1.96. The Balaban J connectivity index is 2.05. The van der Waals surface area contributed by atoms with Gasteiger partial charge in [0.15, 0.2) is 0 Å². The van der Waals surface area contributed by atoms with Gasteiger partial charge >= 0.3 is 0 Å². The van der Waals surface area contributed by atoms with Crippen LogP contribution < -0.4 is 5.73 Å². The molecule has 2 bridgehead atoms. The molecular weight excluding hydrogens is 172 g/mol. The first-order chi connectivity index (χ1) is 6.70. The lowest BCUT2D eigenvalue weighted by atomic mass is 9.64. The van der Waals surface area contributed by atoms with Crippen molar-refractivity contribution in [1.29, 1.82) is 0 Å². The predicted octanol–water partition coefficient (Wildman–Crippen LogP) is 1.56. The molecule has 0 aromatic heterocycles. The van der Waals surface area contributed by atoms with Crippen LogP contribution in [0.2, 0.25) is 0 Å². The van der Waals surface area contributed by atoms with Crippen LogP contribution >= 0.6 is 0 Å². The van der Waals surface area contributed by atoms with Crippen LogP contribution in [0.25, 0.3) is 0 Å². The molecule has 0 spiro atoms. The van der Waals surface area contributed by atoms with Gasteiger partial charge in [0, 0.05) is 13.1 Å². The number of fused-ring (bicyclic) bond motifs is 2. The maximum Gasteiger partial charge on any atom is 0.000959 e. The second-order valence-electron chi connectivity index (χ2n) is 5.56. The first-order valence-electron chi connectivity index (χ1n) is 6.09. The van der Waals surface area contributed by atoms with Gasteiger partial charge in [-0.3, -0.25) is 0 Å². The Labute approximate surface area is 87.8 Å². The third-order valence-electron chi connectivity index (χ3n) is 4.21. The highest BCUT2D eigenvalue weighted by molar-refractivity contribution is 4.91. The second kappa shape index (κ2) is 4.19. The third-order valence-corrected chi connectivity index (χ3v) is 4.21. The van der Waals surface area contributed by atoms with Gasteiger partial charge in [-0.1, -0.05) is 6.92 Å². The van der Waals surface area contributed by atoms with Crippen LogP contribution in [0.5, 0.6) is 0 Å². The molecule has 0 aromatic carbocycles. The lowest BCUT2D eigenvalue weighted by molar-refractivity contribution is 0.0113. The molecule has 14 heavy (non-hydrogen) atoms. The molecule has 1 saturated heterocycles. The van der Waals surface area contributed by atoms with Crippen LogP contribution in [0.1, 0.15) is 26.2 Å². The fourth-order valence-corrected chi connectivity index (χ4v) is 3.82. The summed E-state index contributed by atoms with van der Waals surface area (Å²) in [5, 5.41) is 0. The Morgan fingerprint density at radius 1 is 1.21 bits per heavy atom. The van der Waals surface area contributed by atoms with Gasteiger partial charge in [-0.15, -0.1) is 0 Å². The van der Waals surface area contributed by atoms with E-state index in [1.165, 1.54) is 32.4 Å². The molecule has 1 aliphatic carbocycles. The van der Waals surface area contributed by atoms with E-state index in [-0.39, 0.29) is 0 Å². The minimum Gasteiger partial charge on any atom is -0.330 e. The van der Waals surface area contributed by atoms with E-state index in [2.05, 4.69) is 18.9 Å². The maximum atomic E-state index is 5.72. The fraction of sp³-hybridized carbons (Fsp3) is 1.00. The van der Waals surface area contributed by atoms with Gasteiger partial charge in [0.25, 0.3) is 0 Å². The van der Waals surface area contributed by atoms with Crippen molar-refractivity contribution in [3.63, 3.8) is 0 Å². The van der Waals surface area contributed by atoms with E-state index >= 15 is 0 Å². The summed E-state index contributed by atoms with van der Waals surface area (Å²) >= 11 is 0. The molecule has 0 radical (unpaired) electrons. The molecule has 2 rings (SSSR count). The van der Waals surface area contributed by atoms with E-state index in [4.69, 9.17) is 5.73 Å². The van der Waals surface area contributed by atoms with Crippen LogP contribution in [0.3, 0.4) is 0 Å². The summed E-state index contributed by atoms with van der Waals surface area (Å²) in [5.41, 5.74) is 5.72. The van der Waals surface area contributed by atoms with Gasteiger partial charge in [-0.05, 0) is 56.5 Å². The zero-order valence-corrected chi connectivity index (χ0v) is 9.58. The van der Waals surface area contributed by atoms with Crippen molar-refractivity contribution >= 4 is 0 Å². The fourth-order valence-electron chi connectivity index (χ4n) is 3.82. The molecule has 2 nitrogen and oxygen atoms in total. The maximum absolute atomic E-state index is 5.72. The van der Waals surface area contributed by atoms with Crippen LogP contribution in [0, 0.1) is 23.7 Å². The van der Waals surface area contributed by atoms with Gasteiger partial charge in [-0.25, -0.2) is 0 Å². The Hall–Kier alpha value is -0.0800. The molecule has 2 aliphatic rings. The zero-order chi connectivity index (χ0) is 10.1. The van der Waals surface area contributed by atoms with E-state index in [1.807, 2.05) is 0 Å². The summed E-state index contributed by atoms with van der Waals surface area (Å²) in [6.45, 7) is 5.93. The summed E-state index contributed by atoms with van der Waals surface area (Å²) in [4.78, 5) is 2.52. The lowest BCUT2D eigenvalue weighted by Gasteiger charge is -2.48. The number of nitrogens with two attached hydrogens (primary N) is 1. The Bertz CT molecular complexity index is 163. The molecule has 1 heterocycles. The monoisotopic (exact) mass is 196 g/mol. The van der Waals surface area contributed by atoms with Crippen molar-refractivity contribution in [2.75, 3.05) is 26.7 Å². The van der Waals surface area contributed by atoms with Crippen molar-refractivity contribution < 1.29 is 0 Å². The van der Waals surface area contributed by atoms with Gasteiger partial charge < -0.3 is 10.6 Å². The average molecular weight is 196 g/mol. The topological polar surface area (TPSA) is 29.3 Å². The molecule has 82 valence electrons. The van der Waals surface area contributed by atoms with E-state index < -0.39 is 0 Å². The van der Waals surface area contributed by atoms with Crippen molar-refractivity contribution in [3.05, 3.63) is 0 Å². The summed E-state index contributed by atoms with van der Waals surface area (Å²) in [5.74, 6) is 3.76. The molecule has 2 unspecified atom stereocenters. The van der Waals surface area contributed by atoms with Crippen LogP contribution in [0.4, 0.5) is 0 Å². The number of hydrogen-bond donors (Lipinski definition) is 1. The molecule has 1 saturated carbocycles. The van der Waals surface area contributed by atoms with E-state index in [1.54, 1.807) is 0 Å². The minimum absolute atomic E-state index is 0.885. The Morgan fingerprint density at radius 3 is 2.29 bits per heavy atom. The Morgan fingerprint density at radius 2 is 1.79 bits per heavy atom. The van der Waals surface area contributed by atoms with E-state index in [9.17, 15) is 0 Å². The van der Waals surface area contributed by atoms with Crippen molar-refractivity contribution in [2.45, 2.75) is 26.2 Å². The smallest absolute Gasteiger partial charge is 0.000959 e. The predicted molar refractivity (Wildman–Crippen MR) is 60.0 cm³/mol. The molecule has 2 fully saturated rings. The summed E-state index contributed by atoms with van der Waals surface area (Å²) in [6.07, 6.45) is 4.13. The van der Waals surface area contributed by atoms with Crippen molar-refractivity contribution in [1.82, 2.24) is 4.90 Å². The summed E-state index contributed by atoms with van der Waals surface area (Å²) in [7, 11) is 2.27. The molecular formula is C12H24N2. The van der Waals surface area contributed by atoms with Gasteiger partial charge in [0.2, 0.25) is 0 Å². The summed E-state index contributed by atoms with van der Waals surface area (Å²) < 4.78 is 0. The highest BCUT2D eigenvalue weighted by Crippen LogP contribution is 2.43. The average Bonchev–Trinajstić information content (AvgIpc) is 2.07. The standard InChI is InChI=1S/C12H24N2/c1-9-5-10-7-14(2)8-11(6-9)12(10)3-4-13/h9-12H,3-8,13H2,1-2H3. The first-order valence-corrected chi connectivity index (χ1v) is 6.09.